The lowest BCUT2D eigenvalue weighted by molar-refractivity contribution is 0.606. The van der Waals surface area contributed by atoms with Crippen LogP contribution in [0.2, 0.25) is 0 Å². The molecule has 1 saturated carbocycles. The maximum absolute atomic E-state index is 4.59. The van der Waals surface area contributed by atoms with Crippen LogP contribution in [0.25, 0.3) is 22.4 Å². The van der Waals surface area contributed by atoms with E-state index < -0.39 is 0 Å². The first-order chi connectivity index (χ1) is 12.6. The van der Waals surface area contributed by atoms with Crippen molar-refractivity contribution in [3.63, 3.8) is 0 Å². The van der Waals surface area contributed by atoms with E-state index in [0.717, 1.165) is 41.1 Å². The molecule has 0 radical (unpaired) electrons. The second kappa shape index (κ2) is 5.52. The Morgan fingerprint density at radius 2 is 2.00 bits per heavy atom. The molecular weight excluding hydrogens is 326 g/mol. The summed E-state index contributed by atoms with van der Waals surface area (Å²) in [6, 6.07) is 2.06. The summed E-state index contributed by atoms with van der Waals surface area (Å²) in [6.45, 7) is 5.33. The van der Waals surface area contributed by atoms with Crippen LogP contribution >= 0.6 is 0 Å². The molecule has 1 N–H and O–H groups in total. The molecule has 132 valence electrons. The molecule has 0 aromatic carbocycles. The summed E-state index contributed by atoms with van der Waals surface area (Å²) in [7, 11) is 0. The van der Waals surface area contributed by atoms with Crippen LogP contribution in [0.1, 0.15) is 32.4 Å². The highest BCUT2D eigenvalue weighted by Crippen LogP contribution is 2.44. The summed E-state index contributed by atoms with van der Waals surface area (Å²) < 4.78 is 3.92. The number of rotatable bonds is 5. The lowest BCUT2D eigenvalue weighted by Crippen LogP contribution is -2.14. The van der Waals surface area contributed by atoms with Crippen LogP contribution in [0, 0.1) is 5.41 Å². The van der Waals surface area contributed by atoms with Crippen molar-refractivity contribution in [2.75, 3.05) is 11.9 Å². The third-order valence-electron chi connectivity index (χ3n) is 5.31. The SMILES string of the molecule is CCc1cnc2ncc(-c3ccn4nc(NCC5(C)CC5)ncc34)cn12. The molecule has 1 fully saturated rings. The van der Waals surface area contributed by atoms with Gasteiger partial charge in [0.25, 0.3) is 0 Å². The summed E-state index contributed by atoms with van der Waals surface area (Å²) in [4.78, 5) is 13.3. The van der Waals surface area contributed by atoms with Gasteiger partial charge in [-0.05, 0) is 30.7 Å². The number of anilines is 1. The van der Waals surface area contributed by atoms with E-state index in [1.165, 1.54) is 12.8 Å². The molecule has 26 heavy (non-hydrogen) atoms. The van der Waals surface area contributed by atoms with Gasteiger partial charge in [-0.2, -0.15) is 0 Å². The van der Waals surface area contributed by atoms with Crippen molar-refractivity contribution < 1.29 is 0 Å². The summed E-state index contributed by atoms with van der Waals surface area (Å²) in [5.41, 5.74) is 4.63. The number of fused-ring (bicyclic) bond motifs is 2. The zero-order valence-electron chi connectivity index (χ0n) is 15.0. The standard InChI is InChI=1S/C19H21N7/c1-3-14-9-22-18-21-8-13(11-25(14)18)15-4-7-26-16(15)10-20-17(24-26)23-12-19(2)5-6-19/h4,7-11H,3,5-6,12H2,1-2H3,(H,23,24). The molecule has 0 unspecified atom stereocenters. The fraction of sp³-hybridized carbons (Fsp3) is 0.368. The maximum atomic E-state index is 4.59. The summed E-state index contributed by atoms with van der Waals surface area (Å²) >= 11 is 0. The number of imidazole rings is 1. The molecule has 0 saturated heterocycles. The Labute approximate surface area is 151 Å². The van der Waals surface area contributed by atoms with E-state index in [1.54, 1.807) is 0 Å². The number of nitrogens with zero attached hydrogens (tertiary/aromatic N) is 6. The predicted octanol–water partition coefficient (Wildman–Crippen LogP) is 3.21. The smallest absolute Gasteiger partial charge is 0.241 e. The predicted molar refractivity (Wildman–Crippen MR) is 100 cm³/mol. The van der Waals surface area contributed by atoms with Gasteiger partial charge in [-0.3, -0.25) is 4.40 Å². The number of hydrogen-bond donors (Lipinski definition) is 1. The lowest BCUT2D eigenvalue weighted by Gasteiger charge is -2.10. The van der Waals surface area contributed by atoms with Crippen LogP contribution in [0.5, 0.6) is 0 Å². The van der Waals surface area contributed by atoms with E-state index >= 15 is 0 Å². The molecule has 7 nitrogen and oxygen atoms in total. The molecule has 1 aliphatic carbocycles. The second-order valence-corrected chi connectivity index (χ2v) is 7.42. The van der Waals surface area contributed by atoms with Crippen molar-refractivity contribution >= 4 is 17.2 Å². The van der Waals surface area contributed by atoms with Gasteiger partial charge in [0, 0.05) is 42.0 Å². The Balaban J connectivity index is 1.50. The van der Waals surface area contributed by atoms with Gasteiger partial charge in [-0.15, -0.1) is 5.10 Å². The zero-order valence-corrected chi connectivity index (χ0v) is 15.0. The molecule has 0 spiro atoms. The fourth-order valence-corrected chi connectivity index (χ4v) is 3.23. The van der Waals surface area contributed by atoms with Gasteiger partial charge in [-0.25, -0.2) is 19.5 Å². The number of aryl methyl sites for hydroxylation is 1. The molecule has 0 atom stereocenters. The van der Waals surface area contributed by atoms with Crippen LogP contribution in [0.4, 0.5) is 5.95 Å². The van der Waals surface area contributed by atoms with Crippen LogP contribution in [0.3, 0.4) is 0 Å². The van der Waals surface area contributed by atoms with Crippen molar-refractivity contribution in [3.8, 4) is 11.1 Å². The fourth-order valence-electron chi connectivity index (χ4n) is 3.23. The Morgan fingerprint density at radius 1 is 1.15 bits per heavy atom. The van der Waals surface area contributed by atoms with Crippen molar-refractivity contribution in [2.24, 2.45) is 5.41 Å². The van der Waals surface area contributed by atoms with E-state index in [0.29, 0.717) is 11.4 Å². The van der Waals surface area contributed by atoms with Crippen LogP contribution in [0.15, 0.2) is 37.1 Å². The monoisotopic (exact) mass is 347 g/mol. The molecule has 4 aromatic heterocycles. The highest BCUT2D eigenvalue weighted by Gasteiger charge is 2.36. The molecule has 0 bridgehead atoms. The van der Waals surface area contributed by atoms with E-state index in [1.807, 2.05) is 33.7 Å². The molecular formula is C19H21N7. The molecule has 5 rings (SSSR count). The quantitative estimate of drug-likeness (QED) is 0.600. The molecule has 0 aliphatic heterocycles. The first-order valence-electron chi connectivity index (χ1n) is 9.06. The van der Waals surface area contributed by atoms with Gasteiger partial charge in [0.1, 0.15) is 0 Å². The molecule has 1 aliphatic rings. The zero-order chi connectivity index (χ0) is 17.7. The Bertz CT molecular complexity index is 1100. The first kappa shape index (κ1) is 15.3. The van der Waals surface area contributed by atoms with Crippen LogP contribution in [-0.2, 0) is 6.42 Å². The van der Waals surface area contributed by atoms with E-state index in [9.17, 15) is 0 Å². The Morgan fingerprint density at radius 3 is 2.81 bits per heavy atom. The lowest BCUT2D eigenvalue weighted by atomic mass is 10.1. The van der Waals surface area contributed by atoms with Crippen molar-refractivity contribution in [1.29, 1.82) is 0 Å². The molecule has 4 aromatic rings. The molecule has 7 heteroatoms. The van der Waals surface area contributed by atoms with Gasteiger partial charge < -0.3 is 5.32 Å². The van der Waals surface area contributed by atoms with Gasteiger partial charge in [0.15, 0.2) is 0 Å². The normalized spacial score (nSPS) is 15.6. The van der Waals surface area contributed by atoms with E-state index in [4.69, 9.17) is 0 Å². The third-order valence-corrected chi connectivity index (χ3v) is 5.31. The highest BCUT2D eigenvalue weighted by molar-refractivity contribution is 5.79. The van der Waals surface area contributed by atoms with Crippen molar-refractivity contribution in [3.05, 3.63) is 42.7 Å². The minimum absolute atomic E-state index is 0.420. The van der Waals surface area contributed by atoms with E-state index in [-0.39, 0.29) is 0 Å². The second-order valence-electron chi connectivity index (χ2n) is 7.42. The van der Waals surface area contributed by atoms with Crippen molar-refractivity contribution in [1.82, 2.24) is 29.0 Å². The first-order valence-corrected chi connectivity index (χ1v) is 9.06. The minimum Gasteiger partial charge on any atom is -0.352 e. The topological polar surface area (TPSA) is 72.4 Å². The molecule has 0 amide bonds. The third kappa shape index (κ3) is 2.51. The Kier molecular flexibility index (Phi) is 3.25. The average molecular weight is 347 g/mol. The van der Waals surface area contributed by atoms with Gasteiger partial charge in [0.2, 0.25) is 11.7 Å². The van der Waals surface area contributed by atoms with E-state index in [2.05, 4.69) is 51.5 Å². The minimum atomic E-state index is 0.420. The number of aromatic nitrogens is 6. The number of nitrogens with one attached hydrogen (secondary N) is 1. The summed E-state index contributed by atoms with van der Waals surface area (Å²) in [6.07, 6.45) is 13.1. The summed E-state index contributed by atoms with van der Waals surface area (Å²) in [5, 5.41) is 7.95. The van der Waals surface area contributed by atoms with Gasteiger partial charge in [0.05, 0.1) is 17.9 Å². The van der Waals surface area contributed by atoms with Gasteiger partial charge in [-0.1, -0.05) is 13.8 Å². The Hall–Kier alpha value is -2.96. The summed E-state index contributed by atoms with van der Waals surface area (Å²) in [5.74, 6) is 1.40. The van der Waals surface area contributed by atoms with Crippen molar-refractivity contribution in [2.45, 2.75) is 33.1 Å². The average Bonchev–Trinajstić information content (AvgIpc) is 3.08. The van der Waals surface area contributed by atoms with Crippen LogP contribution in [-0.4, -0.2) is 35.5 Å². The largest absolute Gasteiger partial charge is 0.352 e. The highest BCUT2D eigenvalue weighted by atomic mass is 15.3. The number of hydrogen-bond acceptors (Lipinski definition) is 5. The molecule has 4 heterocycles. The maximum Gasteiger partial charge on any atom is 0.241 e. The van der Waals surface area contributed by atoms with Crippen LogP contribution < -0.4 is 5.32 Å². The van der Waals surface area contributed by atoms with Gasteiger partial charge >= 0.3 is 0 Å².